The largest absolute Gasteiger partial charge is 0.494 e. The summed E-state index contributed by atoms with van der Waals surface area (Å²) in [5, 5.41) is 7.41. The molecule has 2 heterocycles. The average molecular weight is 342 g/mol. The van der Waals surface area contributed by atoms with Gasteiger partial charge in [0.25, 0.3) is 0 Å². The number of hydrogen-bond donors (Lipinski definition) is 1. The molecule has 132 valence electrons. The van der Waals surface area contributed by atoms with Crippen molar-refractivity contribution in [3.05, 3.63) is 47.4 Å². The van der Waals surface area contributed by atoms with E-state index < -0.39 is 6.04 Å². The third kappa shape index (κ3) is 3.35. The predicted molar refractivity (Wildman–Crippen MR) is 93.3 cm³/mol. The second kappa shape index (κ2) is 6.96. The summed E-state index contributed by atoms with van der Waals surface area (Å²) >= 11 is 0. The molecule has 7 heteroatoms. The zero-order valence-corrected chi connectivity index (χ0v) is 14.8. The maximum Gasteiger partial charge on any atom is 0.338 e. The fraction of sp³-hybridized carbons (Fsp3) is 0.389. The van der Waals surface area contributed by atoms with E-state index in [0.717, 1.165) is 11.3 Å². The van der Waals surface area contributed by atoms with Gasteiger partial charge >= 0.3 is 5.97 Å². The van der Waals surface area contributed by atoms with Crippen LogP contribution in [0.3, 0.4) is 0 Å². The molecule has 3 rings (SSSR count). The van der Waals surface area contributed by atoms with Crippen LogP contribution in [0.25, 0.3) is 0 Å². The van der Waals surface area contributed by atoms with Gasteiger partial charge in [0, 0.05) is 5.70 Å². The standard InChI is InChI=1S/C18H22N4O3/c1-5-24-14-8-6-13(7-9-14)16-15(17(23)25-11(2)3)12(4)21-18-19-10-20-22(16)18/h6-11,16H,5H2,1-4H3,(H,19,20,21)/t16-/m1/s1. The normalized spacial score (nSPS) is 16.4. The molecule has 1 N–H and O–H groups in total. The highest BCUT2D eigenvalue weighted by Gasteiger charge is 2.34. The van der Waals surface area contributed by atoms with Crippen LogP contribution in [0.5, 0.6) is 5.75 Å². The van der Waals surface area contributed by atoms with Crippen LogP contribution in [-0.4, -0.2) is 33.4 Å². The number of nitrogens with zero attached hydrogens (tertiary/aromatic N) is 3. The van der Waals surface area contributed by atoms with Crippen LogP contribution in [0.1, 0.15) is 39.3 Å². The molecule has 0 saturated heterocycles. The lowest BCUT2D eigenvalue weighted by Crippen LogP contribution is -2.30. The molecule has 0 bridgehead atoms. The number of benzene rings is 1. The molecule has 1 aliphatic heterocycles. The summed E-state index contributed by atoms with van der Waals surface area (Å²) in [5.74, 6) is 1.02. The van der Waals surface area contributed by atoms with E-state index in [1.165, 1.54) is 6.33 Å². The lowest BCUT2D eigenvalue weighted by molar-refractivity contribution is -0.143. The van der Waals surface area contributed by atoms with Crippen molar-refractivity contribution in [1.29, 1.82) is 0 Å². The SMILES string of the molecule is CCOc1ccc([C@@H]2C(C(=O)OC(C)C)=C(C)Nc3ncnn32)cc1. The number of esters is 1. The molecule has 0 aliphatic carbocycles. The molecular weight excluding hydrogens is 320 g/mol. The molecule has 1 aromatic carbocycles. The van der Waals surface area contributed by atoms with E-state index in [2.05, 4.69) is 15.4 Å². The van der Waals surface area contributed by atoms with Crippen LogP contribution in [0.15, 0.2) is 41.9 Å². The maximum atomic E-state index is 12.7. The molecule has 0 amide bonds. The Hall–Kier alpha value is -2.83. The molecule has 25 heavy (non-hydrogen) atoms. The number of carbonyl (C=O) groups excluding carboxylic acids is 1. The summed E-state index contributed by atoms with van der Waals surface area (Å²) in [7, 11) is 0. The molecule has 0 spiro atoms. The Labute approximate surface area is 146 Å². The summed E-state index contributed by atoms with van der Waals surface area (Å²) in [6.45, 7) is 8.05. The van der Waals surface area contributed by atoms with Crippen molar-refractivity contribution < 1.29 is 14.3 Å². The highest BCUT2D eigenvalue weighted by molar-refractivity contribution is 5.92. The van der Waals surface area contributed by atoms with E-state index in [9.17, 15) is 4.79 Å². The molecule has 0 radical (unpaired) electrons. The zero-order chi connectivity index (χ0) is 18.0. The van der Waals surface area contributed by atoms with Gasteiger partial charge in [-0.05, 0) is 45.4 Å². The Morgan fingerprint density at radius 1 is 1.32 bits per heavy atom. The average Bonchev–Trinajstić information content (AvgIpc) is 3.01. The summed E-state index contributed by atoms with van der Waals surface area (Å²) in [6.07, 6.45) is 1.26. The Bertz CT molecular complexity index is 793. The highest BCUT2D eigenvalue weighted by atomic mass is 16.5. The van der Waals surface area contributed by atoms with E-state index in [0.29, 0.717) is 23.8 Å². The van der Waals surface area contributed by atoms with Crippen molar-refractivity contribution in [2.75, 3.05) is 11.9 Å². The second-order valence-corrected chi connectivity index (χ2v) is 6.05. The predicted octanol–water partition coefficient (Wildman–Crippen LogP) is 2.92. The van der Waals surface area contributed by atoms with Gasteiger partial charge in [-0.15, -0.1) is 0 Å². The summed E-state index contributed by atoms with van der Waals surface area (Å²) in [6, 6.07) is 7.24. The minimum atomic E-state index is -0.402. The van der Waals surface area contributed by atoms with Gasteiger partial charge < -0.3 is 14.8 Å². The number of nitrogens with one attached hydrogen (secondary N) is 1. The minimum absolute atomic E-state index is 0.203. The topological polar surface area (TPSA) is 78.3 Å². The zero-order valence-electron chi connectivity index (χ0n) is 14.8. The van der Waals surface area contributed by atoms with Gasteiger partial charge in [-0.3, -0.25) is 0 Å². The first-order valence-corrected chi connectivity index (χ1v) is 8.32. The highest BCUT2D eigenvalue weighted by Crippen LogP contribution is 2.35. The minimum Gasteiger partial charge on any atom is -0.494 e. The van der Waals surface area contributed by atoms with Crippen LogP contribution >= 0.6 is 0 Å². The molecule has 0 fully saturated rings. The molecule has 1 atom stereocenters. The van der Waals surface area contributed by atoms with Gasteiger partial charge in [-0.1, -0.05) is 12.1 Å². The molecular formula is C18H22N4O3. The molecule has 0 saturated carbocycles. The van der Waals surface area contributed by atoms with Gasteiger partial charge in [0.15, 0.2) is 0 Å². The van der Waals surface area contributed by atoms with Crippen molar-refractivity contribution in [2.24, 2.45) is 0 Å². The van der Waals surface area contributed by atoms with Gasteiger partial charge in [0.1, 0.15) is 18.1 Å². The number of rotatable bonds is 5. The third-order valence-corrected chi connectivity index (χ3v) is 3.86. The number of aromatic nitrogens is 3. The van der Waals surface area contributed by atoms with Crippen LogP contribution < -0.4 is 10.1 Å². The summed E-state index contributed by atoms with van der Waals surface area (Å²) in [4.78, 5) is 16.9. The molecule has 1 aliphatic rings. The van der Waals surface area contributed by atoms with Gasteiger partial charge in [0.2, 0.25) is 5.95 Å². The summed E-state index contributed by atoms with van der Waals surface area (Å²) < 4.78 is 12.6. The van der Waals surface area contributed by atoms with Crippen LogP contribution in [-0.2, 0) is 9.53 Å². The molecule has 2 aromatic rings. The lowest BCUT2D eigenvalue weighted by atomic mass is 9.95. The van der Waals surface area contributed by atoms with Crippen molar-refractivity contribution >= 4 is 11.9 Å². The first-order valence-electron chi connectivity index (χ1n) is 8.32. The van der Waals surface area contributed by atoms with Crippen molar-refractivity contribution in [2.45, 2.75) is 39.8 Å². The van der Waals surface area contributed by atoms with Gasteiger partial charge in [-0.25, -0.2) is 9.48 Å². The van der Waals surface area contributed by atoms with Crippen molar-refractivity contribution in [1.82, 2.24) is 14.8 Å². The van der Waals surface area contributed by atoms with E-state index in [1.807, 2.05) is 52.0 Å². The van der Waals surface area contributed by atoms with Gasteiger partial charge in [0.05, 0.1) is 18.3 Å². The summed E-state index contributed by atoms with van der Waals surface area (Å²) in [5.41, 5.74) is 2.15. The molecule has 7 nitrogen and oxygen atoms in total. The quantitative estimate of drug-likeness (QED) is 0.842. The van der Waals surface area contributed by atoms with Crippen molar-refractivity contribution in [3.8, 4) is 5.75 Å². The van der Waals surface area contributed by atoms with Crippen LogP contribution in [0, 0.1) is 0 Å². The van der Waals surface area contributed by atoms with Crippen molar-refractivity contribution in [3.63, 3.8) is 0 Å². The molecule has 0 unspecified atom stereocenters. The molecule has 1 aromatic heterocycles. The van der Waals surface area contributed by atoms with E-state index >= 15 is 0 Å². The first kappa shape index (κ1) is 17.0. The monoisotopic (exact) mass is 342 g/mol. The number of allylic oxidation sites excluding steroid dienone is 1. The van der Waals surface area contributed by atoms with Gasteiger partial charge in [-0.2, -0.15) is 10.1 Å². The first-order chi connectivity index (χ1) is 12.0. The second-order valence-electron chi connectivity index (χ2n) is 6.05. The number of anilines is 1. The van der Waals surface area contributed by atoms with Crippen LogP contribution in [0.4, 0.5) is 5.95 Å². The fourth-order valence-electron chi connectivity index (χ4n) is 2.85. The Balaban J connectivity index is 2.04. The van der Waals surface area contributed by atoms with E-state index in [1.54, 1.807) is 4.68 Å². The smallest absolute Gasteiger partial charge is 0.338 e. The number of ether oxygens (including phenoxy) is 2. The lowest BCUT2D eigenvalue weighted by Gasteiger charge is -2.28. The maximum absolute atomic E-state index is 12.7. The third-order valence-electron chi connectivity index (χ3n) is 3.86. The Morgan fingerprint density at radius 3 is 2.68 bits per heavy atom. The van der Waals surface area contributed by atoms with Crippen LogP contribution in [0.2, 0.25) is 0 Å². The van der Waals surface area contributed by atoms with E-state index in [4.69, 9.17) is 9.47 Å². The number of hydrogen-bond acceptors (Lipinski definition) is 6. The number of carbonyl (C=O) groups is 1. The van der Waals surface area contributed by atoms with E-state index in [-0.39, 0.29) is 12.1 Å². The fourth-order valence-corrected chi connectivity index (χ4v) is 2.85. The Morgan fingerprint density at radius 2 is 2.04 bits per heavy atom. The Kier molecular flexibility index (Phi) is 4.74. The number of fused-ring (bicyclic) bond motifs is 1.